The van der Waals surface area contributed by atoms with Crippen LogP contribution < -0.4 is 10.5 Å². The summed E-state index contributed by atoms with van der Waals surface area (Å²) in [5.74, 6) is 0.849. The van der Waals surface area contributed by atoms with Crippen molar-refractivity contribution in [1.82, 2.24) is 4.90 Å². The van der Waals surface area contributed by atoms with E-state index in [1.54, 1.807) is 7.11 Å². The summed E-state index contributed by atoms with van der Waals surface area (Å²) in [5.41, 5.74) is 12.5. The second-order valence-electron chi connectivity index (χ2n) is 5.15. The van der Waals surface area contributed by atoms with Gasteiger partial charge in [-0.2, -0.15) is 0 Å². The zero-order valence-corrected chi connectivity index (χ0v) is 12.7. The van der Waals surface area contributed by atoms with E-state index in [2.05, 4.69) is 38.8 Å². The van der Waals surface area contributed by atoms with E-state index in [1.165, 1.54) is 5.57 Å². The maximum absolute atomic E-state index is 5.79. The van der Waals surface area contributed by atoms with Crippen molar-refractivity contribution in [3.8, 4) is 5.75 Å². The van der Waals surface area contributed by atoms with Gasteiger partial charge in [0.1, 0.15) is 5.75 Å². The minimum Gasteiger partial charge on any atom is -0.496 e. The maximum atomic E-state index is 5.79. The molecule has 1 aliphatic rings. The van der Waals surface area contributed by atoms with Gasteiger partial charge in [0.15, 0.2) is 0 Å². The third-order valence-electron chi connectivity index (χ3n) is 3.78. The molecule has 2 rings (SSSR count). The highest BCUT2D eigenvalue weighted by Crippen LogP contribution is 2.32. The second-order valence-corrected chi connectivity index (χ2v) is 5.15. The third kappa shape index (κ3) is 2.49. The van der Waals surface area contributed by atoms with Crippen molar-refractivity contribution in [2.45, 2.75) is 20.4 Å². The highest BCUT2D eigenvalue weighted by atomic mass is 16.5. The molecule has 1 heterocycles. The number of likely N-dealkylation sites (N-methyl/N-ethyl adjacent to an activating group) is 1. The van der Waals surface area contributed by atoms with E-state index < -0.39 is 0 Å². The van der Waals surface area contributed by atoms with E-state index in [9.17, 15) is 0 Å². The minimum absolute atomic E-state index is 0.486. The van der Waals surface area contributed by atoms with Gasteiger partial charge in [0.2, 0.25) is 0 Å². The Morgan fingerprint density at radius 3 is 2.55 bits per heavy atom. The molecular formula is C17H22N2O. The van der Waals surface area contributed by atoms with Crippen LogP contribution in [0.5, 0.6) is 5.75 Å². The molecule has 106 valence electrons. The Labute approximate surface area is 121 Å². The fraction of sp³-hybridized carbons (Fsp3) is 0.294. The number of ether oxygens (including phenoxy) is 1. The lowest BCUT2D eigenvalue weighted by Crippen LogP contribution is -2.14. The van der Waals surface area contributed by atoms with Crippen molar-refractivity contribution in [1.29, 1.82) is 0 Å². The number of methoxy groups -OCH3 is 1. The molecule has 0 bridgehead atoms. The fourth-order valence-corrected chi connectivity index (χ4v) is 2.47. The molecule has 2 N–H and O–H groups in total. The number of benzene rings is 1. The maximum Gasteiger partial charge on any atom is 0.124 e. The van der Waals surface area contributed by atoms with Crippen molar-refractivity contribution in [2.24, 2.45) is 5.73 Å². The van der Waals surface area contributed by atoms with Crippen LogP contribution in [-0.4, -0.2) is 19.1 Å². The molecule has 0 aromatic heterocycles. The molecule has 3 heteroatoms. The fourth-order valence-electron chi connectivity index (χ4n) is 2.47. The number of nitrogens with two attached hydrogens (primary N) is 1. The Hall–Kier alpha value is -2.00. The van der Waals surface area contributed by atoms with Crippen LogP contribution >= 0.6 is 0 Å². The summed E-state index contributed by atoms with van der Waals surface area (Å²) in [4.78, 5) is 2.04. The Balaban J connectivity index is 2.52. The Morgan fingerprint density at radius 1 is 1.30 bits per heavy atom. The highest BCUT2D eigenvalue weighted by molar-refractivity contribution is 5.78. The van der Waals surface area contributed by atoms with Crippen LogP contribution in [0.2, 0.25) is 0 Å². The average molecular weight is 270 g/mol. The normalized spacial score (nSPS) is 15.1. The molecule has 1 aliphatic heterocycles. The Kier molecular flexibility index (Phi) is 4.00. The van der Waals surface area contributed by atoms with Crippen molar-refractivity contribution in [3.63, 3.8) is 0 Å². The number of aryl methyl sites for hydroxylation is 1. The van der Waals surface area contributed by atoms with E-state index in [1.807, 2.05) is 18.0 Å². The lowest BCUT2D eigenvalue weighted by atomic mass is 9.96. The summed E-state index contributed by atoms with van der Waals surface area (Å²) < 4.78 is 5.46. The molecule has 20 heavy (non-hydrogen) atoms. The number of hydrogen-bond donors (Lipinski definition) is 1. The lowest BCUT2D eigenvalue weighted by molar-refractivity contribution is 0.409. The van der Waals surface area contributed by atoms with Gasteiger partial charge in [0.05, 0.1) is 7.11 Å². The molecule has 0 aliphatic carbocycles. The highest BCUT2D eigenvalue weighted by Gasteiger charge is 2.14. The topological polar surface area (TPSA) is 38.5 Å². The van der Waals surface area contributed by atoms with Crippen molar-refractivity contribution in [3.05, 3.63) is 58.9 Å². The summed E-state index contributed by atoms with van der Waals surface area (Å²) in [6.07, 6.45) is 4.24. The van der Waals surface area contributed by atoms with Crippen LogP contribution in [0, 0.1) is 6.92 Å². The van der Waals surface area contributed by atoms with Gasteiger partial charge in [-0.15, -0.1) is 0 Å². The van der Waals surface area contributed by atoms with Crippen LogP contribution in [0.3, 0.4) is 0 Å². The van der Waals surface area contributed by atoms with Gasteiger partial charge in [0, 0.05) is 31.1 Å². The van der Waals surface area contributed by atoms with Crippen LogP contribution in [0.15, 0.2) is 42.3 Å². The average Bonchev–Trinajstić information content (AvgIpc) is 2.43. The molecule has 3 nitrogen and oxygen atoms in total. The molecule has 0 amide bonds. The second kappa shape index (κ2) is 5.55. The van der Waals surface area contributed by atoms with E-state index in [0.717, 1.165) is 33.7 Å². The summed E-state index contributed by atoms with van der Waals surface area (Å²) in [6, 6.07) is 4.20. The monoisotopic (exact) mass is 270 g/mol. The summed E-state index contributed by atoms with van der Waals surface area (Å²) >= 11 is 0. The van der Waals surface area contributed by atoms with Gasteiger partial charge in [-0.3, -0.25) is 0 Å². The van der Waals surface area contributed by atoms with Crippen molar-refractivity contribution < 1.29 is 4.74 Å². The van der Waals surface area contributed by atoms with E-state index >= 15 is 0 Å². The van der Waals surface area contributed by atoms with Crippen LogP contribution in [0.25, 0.3) is 5.57 Å². The quantitative estimate of drug-likeness (QED) is 0.916. The first-order chi connectivity index (χ1) is 9.47. The predicted molar refractivity (Wildman–Crippen MR) is 84.3 cm³/mol. The van der Waals surface area contributed by atoms with Gasteiger partial charge in [-0.05, 0) is 48.3 Å². The first kappa shape index (κ1) is 14.4. The Bertz CT molecular complexity index is 612. The number of nitrogens with zero attached hydrogens (tertiary/aromatic N) is 1. The first-order valence-corrected chi connectivity index (χ1v) is 6.68. The molecule has 0 atom stereocenters. The first-order valence-electron chi connectivity index (χ1n) is 6.68. The zero-order valence-electron chi connectivity index (χ0n) is 12.7. The van der Waals surface area contributed by atoms with E-state index in [4.69, 9.17) is 10.5 Å². The largest absolute Gasteiger partial charge is 0.496 e. The summed E-state index contributed by atoms with van der Waals surface area (Å²) in [7, 11) is 3.69. The van der Waals surface area contributed by atoms with E-state index in [-0.39, 0.29) is 0 Å². The molecule has 0 spiro atoms. The van der Waals surface area contributed by atoms with Crippen LogP contribution in [0.4, 0.5) is 0 Å². The predicted octanol–water partition coefficient (Wildman–Crippen LogP) is 3.21. The lowest BCUT2D eigenvalue weighted by Gasteiger charge is -2.25. The van der Waals surface area contributed by atoms with E-state index in [0.29, 0.717) is 6.54 Å². The summed E-state index contributed by atoms with van der Waals surface area (Å²) in [5, 5.41) is 0. The minimum atomic E-state index is 0.486. The molecule has 1 aromatic carbocycles. The standard InChI is InChI=1S/C17H22N2O/c1-11-6-15(10-19(4)13(11)3)14-7-12(2)16(9-18)17(8-14)20-5/h6-8,10H,3,9,18H2,1-2,4-5H3. The number of allylic oxidation sites excluding steroid dienone is 3. The SMILES string of the molecule is C=C1C(C)=CC(c2cc(C)c(CN)c(OC)c2)=CN1C. The van der Waals surface area contributed by atoms with Gasteiger partial charge in [0.25, 0.3) is 0 Å². The van der Waals surface area contributed by atoms with Gasteiger partial charge < -0.3 is 15.4 Å². The van der Waals surface area contributed by atoms with Gasteiger partial charge >= 0.3 is 0 Å². The molecule has 0 radical (unpaired) electrons. The number of hydrogen-bond acceptors (Lipinski definition) is 3. The van der Waals surface area contributed by atoms with Crippen molar-refractivity contribution in [2.75, 3.05) is 14.2 Å². The third-order valence-corrected chi connectivity index (χ3v) is 3.78. The molecule has 1 aromatic rings. The molecular weight excluding hydrogens is 248 g/mol. The van der Waals surface area contributed by atoms with Gasteiger partial charge in [-0.25, -0.2) is 0 Å². The van der Waals surface area contributed by atoms with Gasteiger partial charge in [-0.1, -0.05) is 12.6 Å². The van der Waals surface area contributed by atoms with Crippen molar-refractivity contribution >= 4 is 5.57 Å². The number of rotatable bonds is 3. The molecule has 0 saturated heterocycles. The molecule has 0 fully saturated rings. The smallest absolute Gasteiger partial charge is 0.124 e. The van der Waals surface area contributed by atoms with Crippen LogP contribution in [0.1, 0.15) is 23.6 Å². The molecule has 0 saturated carbocycles. The zero-order chi connectivity index (χ0) is 14.9. The Morgan fingerprint density at radius 2 is 2.00 bits per heavy atom. The molecule has 0 unspecified atom stereocenters. The van der Waals surface area contributed by atoms with Crippen LogP contribution in [-0.2, 0) is 6.54 Å². The summed E-state index contributed by atoms with van der Waals surface area (Å²) in [6.45, 7) is 8.68.